The minimum atomic E-state index is -0.730. The lowest BCUT2D eigenvalue weighted by molar-refractivity contribution is 0.480. The molecule has 0 saturated carbocycles. The van der Waals surface area contributed by atoms with Crippen molar-refractivity contribution in [3.63, 3.8) is 0 Å². The van der Waals surface area contributed by atoms with Crippen LogP contribution in [0.5, 0.6) is 0 Å². The van der Waals surface area contributed by atoms with Crippen molar-refractivity contribution in [1.82, 2.24) is 0 Å². The Morgan fingerprint density at radius 3 is 2.43 bits per heavy atom. The third kappa shape index (κ3) is 2.89. The molecule has 1 unspecified atom stereocenters. The summed E-state index contributed by atoms with van der Waals surface area (Å²) in [4.78, 5) is 9.24. The summed E-state index contributed by atoms with van der Waals surface area (Å²) in [6.07, 6.45) is 0.648. The number of halogens is 1. The minimum absolute atomic E-state index is 0.384. The first-order valence-electron chi connectivity index (χ1n) is 6.53. The highest BCUT2D eigenvalue weighted by Gasteiger charge is 2.36. The molecule has 0 fully saturated rings. The van der Waals surface area contributed by atoms with E-state index in [-0.39, 0.29) is 0 Å². The van der Waals surface area contributed by atoms with E-state index in [0.717, 1.165) is 15.6 Å². The van der Waals surface area contributed by atoms with E-state index in [1.54, 1.807) is 0 Å². The van der Waals surface area contributed by atoms with Gasteiger partial charge in [-0.2, -0.15) is 0 Å². The molecule has 0 radical (unpaired) electrons. The topological polar surface area (TPSA) is 50.7 Å². The van der Waals surface area contributed by atoms with E-state index in [2.05, 4.69) is 50.7 Å². The second kappa shape index (κ2) is 5.66. The van der Waals surface area contributed by atoms with Gasteiger partial charge in [0.25, 0.3) is 0 Å². The summed E-state index contributed by atoms with van der Waals surface area (Å²) in [5, 5.41) is 0.492. The maximum Gasteiger partial charge on any atom is 0.183 e. The highest BCUT2D eigenvalue weighted by Crippen LogP contribution is 2.36. The highest BCUT2D eigenvalue weighted by molar-refractivity contribution is 9.10. The van der Waals surface area contributed by atoms with Crippen LogP contribution in [0.2, 0.25) is 0 Å². The van der Waals surface area contributed by atoms with Gasteiger partial charge in [0.2, 0.25) is 0 Å². The molecule has 1 aliphatic heterocycles. The smallest absolute Gasteiger partial charge is 0.183 e. The second-order valence-corrected chi connectivity index (χ2v) is 6.26. The predicted octanol–water partition coefficient (Wildman–Crippen LogP) is 3.54. The molecule has 1 heterocycles. The van der Waals surface area contributed by atoms with Gasteiger partial charge in [-0.05, 0) is 17.7 Å². The fourth-order valence-electron chi connectivity index (χ4n) is 2.43. The van der Waals surface area contributed by atoms with Crippen molar-refractivity contribution in [2.45, 2.75) is 12.1 Å². The normalized spacial score (nSPS) is 21.0. The zero-order chi connectivity index (χ0) is 14.9. The van der Waals surface area contributed by atoms with Gasteiger partial charge in [-0.25, -0.2) is 9.98 Å². The number of hydrogen-bond donors (Lipinski definition) is 2. The van der Waals surface area contributed by atoms with Gasteiger partial charge in [0.1, 0.15) is 5.04 Å². The first-order valence-corrected chi connectivity index (χ1v) is 7.78. The van der Waals surface area contributed by atoms with Gasteiger partial charge in [-0.15, -0.1) is 12.6 Å². The summed E-state index contributed by atoms with van der Waals surface area (Å²) < 4.78 is 0.990. The summed E-state index contributed by atoms with van der Waals surface area (Å²) in [6.45, 7) is 0. The van der Waals surface area contributed by atoms with Crippen LogP contribution in [0, 0.1) is 0 Å². The van der Waals surface area contributed by atoms with Gasteiger partial charge in [-0.1, -0.05) is 58.4 Å². The molecular weight excluding hydrogens is 346 g/mol. The van der Waals surface area contributed by atoms with E-state index in [4.69, 9.17) is 5.73 Å². The Hall–Kier alpha value is -1.59. The Balaban J connectivity index is 2.09. The quantitative estimate of drug-likeness (QED) is 0.809. The average molecular weight is 360 g/mol. The van der Waals surface area contributed by atoms with Crippen LogP contribution in [0.3, 0.4) is 0 Å². The monoisotopic (exact) mass is 359 g/mol. The van der Waals surface area contributed by atoms with Gasteiger partial charge in [0, 0.05) is 16.5 Å². The molecule has 0 bridgehead atoms. The van der Waals surface area contributed by atoms with Gasteiger partial charge in [0.05, 0.1) is 0 Å². The Morgan fingerprint density at radius 1 is 1.05 bits per heavy atom. The Labute approximate surface area is 137 Å². The van der Waals surface area contributed by atoms with Crippen molar-refractivity contribution in [1.29, 1.82) is 0 Å². The number of benzene rings is 2. The SMILES string of the molecule is NC1=NC(Cc2ccccc2)(c2cccc(Br)c2)N=C1S. The summed E-state index contributed by atoms with van der Waals surface area (Å²) in [5.74, 6) is 0.384. The van der Waals surface area contributed by atoms with Crippen LogP contribution < -0.4 is 5.73 Å². The van der Waals surface area contributed by atoms with Crippen LogP contribution in [-0.2, 0) is 12.1 Å². The highest BCUT2D eigenvalue weighted by atomic mass is 79.9. The number of aliphatic imine (C=N–C) groups is 2. The van der Waals surface area contributed by atoms with Gasteiger partial charge >= 0.3 is 0 Å². The largest absolute Gasteiger partial charge is 0.382 e. The van der Waals surface area contributed by atoms with Crippen molar-refractivity contribution in [3.05, 3.63) is 70.2 Å². The number of hydrogen-bond acceptors (Lipinski definition) is 3. The Kier molecular flexibility index (Phi) is 3.87. The van der Waals surface area contributed by atoms with Crippen LogP contribution in [-0.4, -0.2) is 10.9 Å². The lowest BCUT2D eigenvalue weighted by atomic mass is 9.93. The van der Waals surface area contributed by atoms with E-state index in [1.165, 1.54) is 0 Å². The standard InChI is InChI=1S/C16H14BrN3S/c17-13-8-4-7-12(9-13)16(19-14(18)15(21)20-16)10-11-5-2-1-3-6-11/h1-9H,10H2,(H2,18,19)(H,20,21). The average Bonchev–Trinajstić information content (AvgIpc) is 2.76. The van der Waals surface area contributed by atoms with Crippen molar-refractivity contribution in [3.8, 4) is 0 Å². The number of rotatable bonds is 3. The zero-order valence-electron chi connectivity index (χ0n) is 11.2. The van der Waals surface area contributed by atoms with Gasteiger partial charge in [0.15, 0.2) is 11.5 Å². The summed E-state index contributed by atoms with van der Waals surface area (Å²) in [6, 6.07) is 18.1. The molecule has 2 aromatic carbocycles. The predicted molar refractivity (Wildman–Crippen MR) is 94.0 cm³/mol. The molecule has 1 atom stereocenters. The minimum Gasteiger partial charge on any atom is -0.382 e. The number of nitrogens with zero attached hydrogens (tertiary/aromatic N) is 2. The van der Waals surface area contributed by atoms with Gasteiger partial charge < -0.3 is 5.73 Å². The molecular formula is C16H14BrN3S. The van der Waals surface area contributed by atoms with E-state index in [1.807, 2.05) is 42.5 Å². The molecule has 5 heteroatoms. The fraction of sp³-hybridized carbons (Fsp3) is 0.125. The third-order valence-corrected chi connectivity index (χ3v) is 4.23. The molecule has 3 rings (SSSR count). The van der Waals surface area contributed by atoms with Crippen LogP contribution in [0.25, 0.3) is 0 Å². The molecule has 2 aromatic rings. The number of nitrogens with two attached hydrogens (primary N) is 1. The van der Waals surface area contributed by atoms with Crippen molar-refractivity contribution >= 4 is 39.4 Å². The fourth-order valence-corrected chi connectivity index (χ4v) is 3.05. The van der Waals surface area contributed by atoms with E-state index in [9.17, 15) is 0 Å². The summed E-state index contributed by atoms with van der Waals surface area (Å²) >= 11 is 7.83. The molecule has 21 heavy (non-hydrogen) atoms. The van der Waals surface area contributed by atoms with Crippen LogP contribution in [0.1, 0.15) is 11.1 Å². The number of thiol groups is 1. The lowest BCUT2D eigenvalue weighted by Gasteiger charge is -2.24. The van der Waals surface area contributed by atoms with Crippen LogP contribution in [0.15, 0.2) is 69.1 Å². The molecule has 0 amide bonds. The Morgan fingerprint density at radius 2 is 1.81 bits per heavy atom. The van der Waals surface area contributed by atoms with E-state index >= 15 is 0 Å². The maximum atomic E-state index is 5.91. The van der Waals surface area contributed by atoms with Crippen molar-refractivity contribution in [2.24, 2.45) is 15.7 Å². The van der Waals surface area contributed by atoms with Crippen LogP contribution in [0.4, 0.5) is 0 Å². The summed E-state index contributed by atoms with van der Waals surface area (Å²) in [5.41, 5.74) is 7.33. The summed E-state index contributed by atoms with van der Waals surface area (Å²) in [7, 11) is 0. The molecule has 0 saturated heterocycles. The molecule has 0 spiro atoms. The first kappa shape index (κ1) is 14.4. The van der Waals surface area contributed by atoms with E-state index in [0.29, 0.717) is 17.3 Å². The Bertz CT molecular complexity index is 707. The maximum absolute atomic E-state index is 5.91. The molecule has 2 N–H and O–H groups in total. The van der Waals surface area contributed by atoms with Crippen molar-refractivity contribution in [2.75, 3.05) is 0 Å². The molecule has 3 nitrogen and oxygen atoms in total. The first-order chi connectivity index (χ1) is 10.1. The van der Waals surface area contributed by atoms with E-state index < -0.39 is 5.66 Å². The zero-order valence-corrected chi connectivity index (χ0v) is 13.7. The molecule has 0 aliphatic carbocycles. The lowest BCUT2D eigenvalue weighted by Crippen LogP contribution is -2.23. The molecule has 0 aromatic heterocycles. The molecule has 1 aliphatic rings. The second-order valence-electron chi connectivity index (χ2n) is 4.92. The molecule has 106 valence electrons. The third-order valence-electron chi connectivity index (χ3n) is 3.41. The number of amidine groups is 1. The van der Waals surface area contributed by atoms with Crippen LogP contribution >= 0.6 is 28.6 Å². The van der Waals surface area contributed by atoms with Crippen molar-refractivity contribution < 1.29 is 0 Å². The van der Waals surface area contributed by atoms with Gasteiger partial charge in [-0.3, -0.25) is 0 Å².